The maximum atomic E-state index is 11.6. The lowest BCUT2D eigenvalue weighted by Gasteiger charge is -2.36. The molecule has 0 aliphatic heterocycles. The summed E-state index contributed by atoms with van der Waals surface area (Å²) in [5.74, 6) is 0. The minimum Gasteiger partial charge on any atom is -0.388 e. The Morgan fingerprint density at radius 3 is 2.79 bits per heavy atom. The largest absolute Gasteiger partial charge is 0.388 e. The van der Waals surface area contributed by atoms with E-state index in [-0.39, 0.29) is 11.6 Å². The molecule has 0 aromatic heterocycles. The molecule has 6 heteroatoms. The maximum absolute atomic E-state index is 11.6. The number of rotatable bonds is 3. The molecule has 0 radical (unpaired) electrons. The van der Waals surface area contributed by atoms with Crippen LogP contribution < -0.4 is 10.6 Å². The number of amides is 2. The molecule has 0 bridgehead atoms. The maximum Gasteiger partial charge on any atom is 0.319 e. The Morgan fingerprint density at radius 1 is 1.53 bits per heavy atom. The fraction of sp³-hybridized carbons (Fsp3) is 0.385. The minimum absolute atomic E-state index is 0.239. The summed E-state index contributed by atoms with van der Waals surface area (Å²) in [6.07, 6.45) is 2.43. The number of aliphatic hydroxyl groups is 1. The van der Waals surface area contributed by atoms with Crippen molar-refractivity contribution in [1.82, 2.24) is 5.32 Å². The third-order valence-electron chi connectivity index (χ3n) is 3.21. The van der Waals surface area contributed by atoms with E-state index in [0.717, 1.165) is 19.3 Å². The van der Waals surface area contributed by atoms with E-state index in [1.54, 1.807) is 6.07 Å². The first kappa shape index (κ1) is 13.7. The van der Waals surface area contributed by atoms with Crippen molar-refractivity contribution in [1.29, 1.82) is 5.26 Å². The molecule has 100 valence electrons. The monoisotopic (exact) mass is 279 g/mol. The molecule has 0 unspecified atom stereocenters. The molecule has 0 heterocycles. The molecule has 1 aromatic carbocycles. The molecular formula is C13H14ClN3O2. The van der Waals surface area contributed by atoms with Gasteiger partial charge in [-0.1, -0.05) is 11.6 Å². The second kappa shape index (κ2) is 5.47. The summed E-state index contributed by atoms with van der Waals surface area (Å²) < 4.78 is 0. The minimum atomic E-state index is -0.750. The van der Waals surface area contributed by atoms with Crippen molar-refractivity contribution >= 4 is 23.3 Å². The first-order chi connectivity index (χ1) is 9.02. The molecule has 0 spiro atoms. The Labute approximate surface area is 116 Å². The van der Waals surface area contributed by atoms with Gasteiger partial charge in [0.25, 0.3) is 0 Å². The predicted molar refractivity (Wildman–Crippen MR) is 72.0 cm³/mol. The second-order valence-corrected chi connectivity index (χ2v) is 5.10. The van der Waals surface area contributed by atoms with Crippen LogP contribution in [0.5, 0.6) is 0 Å². The van der Waals surface area contributed by atoms with E-state index < -0.39 is 11.6 Å². The number of nitriles is 1. The fourth-order valence-electron chi connectivity index (χ4n) is 1.87. The zero-order chi connectivity index (χ0) is 13.9. The first-order valence-corrected chi connectivity index (χ1v) is 6.37. The van der Waals surface area contributed by atoms with Gasteiger partial charge in [-0.25, -0.2) is 4.79 Å². The number of carbonyl (C=O) groups is 1. The van der Waals surface area contributed by atoms with Crippen LogP contribution in [-0.4, -0.2) is 23.3 Å². The van der Waals surface area contributed by atoms with Crippen molar-refractivity contribution in [2.45, 2.75) is 24.9 Å². The van der Waals surface area contributed by atoms with Gasteiger partial charge in [0, 0.05) is 12.2 Å². The molecule has 2 rings (SSSR count). The van der Waals surface area contributed by atoms with E-state index >= 15 is 0 Å². The van der Waals surface area contributed by atoms with Gasteiger partial charge < -0.3 is 15.7 Å². The number of urea groups is 1. The van der Waals surface area contributed by atoms with Crippen LogP contribution in [0.25, 0.3) is 0 Å². The zero-order valence-electron chi connectivity index (χ0n) is 10.2. The number of hydrogen-bond acceptors (Lipinski definition) is 3. The van der Waals surface area contributed by atoms with Crippen LogP contribution in [0.3, 0.4) is 0 Å². The molecule has 0 saturated heterocycles. The van der Waals surface area contributed by atoms with Crippen LogP contribution >= 0.6 is 11.6 Å². The number of hydrogen-bond donors (Lipinski definition) is 3. The molecule has 1 saturated carbocycles. The van der Waals surface area contributed by atoms with Gasteiger partial charge in [0.15, 0.2) is 0 Å². The van der Waals surface area contributed by atoms with Gasteiger partial charge in [-0.3, -0.25) is 0 Å². The molecule has 5 nitrogen and oxygen atoms in total. The number of halogens is 1. The fourth-order valence-corrected chi connectivity index (χ4v) is 2.09. The number of benzene rings is 1. The van der Waals surface area contributed by atoms with Crippen molar-refractivity contribution in [2.24, 2.45) is 0 Å². The summed E-state index contributed by atoms with van der Waals surface area (Å²) >= 11 is 5.86. The van der Waals surface area contributed by atoms with E-state index in [0.29, 0.717) is 11.3 Å². The molecular weight excluding hydrogens is 266 g/mol. The SMILES string of the molecule is N#Cc1ccc(NC(=O)NCC2(O)CCC2)cc1Cl. The van der Waals surface area contributed by atoms with E-state index in [1.807, 2.05) is 6.07 Å². The molecule has 0 atom stereocenters. The van der Waals surface area contributed by atoms with Gasteiger partial charge in [0.05, 0.1) is 16.2 Å². The number of anilines is 1. The Kier molecular flexibility index (Phi) is 3.93. The topological polar surface area (TPSA) is 85.2 Å². The van der Waals surface area contributed by atoms with Crippen LogP contribution in [0.15, 0.2) is 18.2 Å². The molecule has 3 N–H and O–H groups in total. The number of nitrogens with zero attached hydrogens (tertiary/aromatic N) is 1. The summed E-state index contributed by atoms with van der Waals surface area (Å²) in [6.45, 7) is 0.239. The Balaban J connectivity index is 1.88. The van der Waals surface area contributed by atoms with Crippen molar-refractivity contribution in [3.63, 3.8) is 0 Å². The van der Waals surface area contributed by atoms with Crippen LogP contribution in [0.1, 0.15) is 24.8 Å². The molecule has 1 fully saturated rings. The van der Waals surface area contributed by atoms with Gasteiger partial charge in [-0.15, -0.1) is 0 Å². The smallest absolute Gasteiger partial charge is 0.319 e. The summed E-state index contributed by atoms with van der Waals surface area (Å²) in [7, 11) is 0. The van der Waals surface area contributed by atoms with Crippen LogP contribution in [-0.2, 0) is 0 Å². The van der Waals surface area contributed by atoms with E-state index in [1.165, 1.54) is 12.1 Å². The summed E-state index contributed by atoms with van der Waals surface area (Å²) in [4.78, 5) is 11.6. The lowest BCUT2D eigenvalue weighted by molar-refractivity contribution is -0.0287. The molecule has 2 amide bonds. The second-order valence-electron chi connectivity index (χ2n) is 4.69. The number of carbonyl (C=O) groups excluding carboxylic acids is 1. The third kappa shape index (κ3) is 3.37. The van der Waals surface area contributed by atoms with Crippen LogP contribution in [0.2, 0.25) is 5.02 Å². The van der Waals surface area contributed by atoms with Crippen molar-refractivity contribution in [2.75, 3.05) is 11.9 Å². The first-order valence-electron chi connectivity index (χ1n) is 5.99. The van der Waals surface area contributed by atoms with E-state index in [4.69, 9.17) is 16.9 Å². The summed E-state index contributed by atoms with van der Waals surface area (Å²) in [5.41, 5.74) is 0.109. The lowest BCUT2D eigenvalue weighted by Crippen LogP contribution is -2.48. The van der Waals surface area contributed by atoms with Crippen LogP contribution in [0.4, 0.5) is 10.5 Å². The van der Waals surface area contributed by atoms with Gasteiger partial charge in [-0.05, 0) is 37.5 Å². The third-order valence-corrected chi connectivity index (χ3v) is 3.52. The molecule has 19 heavy (non-hydrogen) atoms. The summed E-state index contributed by atoms with van der Waals surface area (Å²) in [5, 5.41) is 24.1. The highest BCUT2D eigenvalue weighted by Gasteiger charge is 2.34. The Hall–Kier alpha value is -1.77. The van der Waals surface area contributed by atoms with Crippen LogP contribution in [0, 0.1) is 11.3 Å². The average molecular weight is 280 g/mol. The normalized spacial score (nSPS) is 16.1. The lowest BCUT2D eigenvalue weighted by atomic mass is 9.80. The molecule has 1 aromatic rings. The predicted octanol–water partition coefficient (Wildman–Crippen LogP) is 2.25. The van der Waals surface area contributed by atoms with Gasteiger partial charge in [0.2, 0.25) is 0 Å². The highest BCUT2D eigenvalue weighted by atomic mass is 35.5. The molecule has 1 aliphatic rings. The quantitative estimate of drug-likeness (QED) is 0.793. The standard InChI is InChI=1S/C13H14ClN3O2/c14-11-6-10(3-2-9(11)7-15)17-12(18)16-8-13(19)4-1-5-13/h2-3,6,19H,1,4-5,8H2,(H2,16,17,18). The summed E-state index contributed by atoms with van der Waals surface area (Å²) in [6, 6.07) is 6.19. The van der Waals surface area contributed by atoms with Crippen molar-refractivity contribution in [3.8, 4) is 6.07 Å². The van der Waals surface area contributed by atoms with E-state index in [2.05, 4.69) is 10.6 Å². The van der Waals surface area contributed by atoms with Crippen molar-refractivity contribution < 1.29 is 9.90 Å². The highest BCUT2D eigenvalue weighted by molar-refractivity contribution is 6.32. The molecule has 1 aliphatic carbocycles. The highest BCUT2D eigenvalue weighted by Crippen LogP contribution is 2.30. The van der Waals surface area contributed by atoms with Gasteiger partial charge in [-0.2, -0.15) is 5.26 Å². The average Bonchev–Trinajstić information content (AvgIpc) is 2.34. The zero-order valence-corrected chi connectivity index (χ0v) is 11.0. The Bertz CT molecular complexity index is 535. The van der Waals surface area contributed by atoms with Gasteiger partial charge >= 0.3 is 6.03 Å². The number of nitrogens with one attached hydrogen (secondary N) is 2. The van der Waals surface area contributed by atoms with E-state index in [9.17, 15) is 9.90 Å². The van der Waals surface area contributed by atoms with Crippen molar-refractivity contribution in [3.05, 3.63) is 28.8 Å². The van der Waals surface area contributed by atoms with Gasteiger partial charge in [0.1, 0.15) is 6.07 Å². The Morgan fingerprint density at radius 2 is 2.26 bits per heavy atom.